The standard InChI is InChI=1S/C13H23BrN2O3/c1-13(2,14)11(17)16(9-8-15-12(18)19)10-6-4-3-5-7-10/h10,15H,3-9H2,1-2H3,(H,18,19). The molecule has 1 aliphatic carbocycles. The van der Waals surface area contributed by atoms with Gasteiger partial charge in [-0.25, -0.2) is 4.79 Å². The molecule has 1 aliphatic rings. The molecule has 0 aromatic heterocycles. The van der Waals surface area contributed by atoms with Gasteiger partial charge in [0, 0.05) is 19.1 Å². The van der Waals surface area contributed by atoms with Crippen LogP contribution in [-0.2, 0) is 4.79 Å². The highest BCUT2D eigenvalue weighted by atomic mass is 79.9. The van der Waals surface area contributed by atoms with Crippen molar-refractivity contribution in [3.63, 3.8) is 0 Å². The monoisotopic (exact) mass is 334 g/mol. The second kappa shape index (κ2) is 7.12. The summed E-state index contributed by atoms with van der Waals surface area (Å²) in [6.07, 6.45) is 4.50. The Hall–Kier alpha value is -0.780. The van der Waals surface area contributed by atoms with Crippen molar-refractivity contribution >= 4 is 27.9 Å². The Morgan fingerprint density at radius 3 is 2.37 bits per heavy atom. The summed E-state index contributed by atoms with van der Waals surface area (Å²) in [5.41, 5.74) is 0. The average Bonchev–Trinajstić information content (AvgIpc) is 2.33. The molecule has 19 heavy (non-hydrogen) atoms. The Kier molecular flexibility index (Phi) is 6.10. The van der Waals surface area contributed by atoms with Gasteiger partial charge in [-0.05, 0) is 26.7 Å². The number of carbonyl (C=O) groups is 2. The molecule has 1 saturated carbocycles. The fourth-order valence-electron chi connectivity index (χ4n) is 2.47. The Labute approximate surface area is 122 Å². The molecule has 0 aliphatic heterocycles. The predicted molar refractivity (Wildman–Crippen MR) is 77.6 cm³/mol. The van der Waals surface area contributed by atoms with E-state index in [4.69, 9.17) is 5.11 Å². The summed E-state index contributed by atoms with van der Waals surface area (Å²) in [5, 5.41) is 10.9. The summed E-state index contributed by atoms with van der Waals surface area (Å²) in [6, 6.07) is 0.244. The van der Waals surface area contributed by atoms with Gasteiger partial charge < -0.3 is 15.3 Å². The smallest absolute Gasteiger partial charge is 0.404 e. The number of rotatable bonds is 5. The minimum absolute atomic E-state index is 0.0339. The number of halogens is 1. The number of nitrogens with one attached hydrogen (secondary N) is 1. The van der Waals surface area contributed by atoms with Crippen LogP contribution in [0.5, 0.6) is 0 Å². The molecule has 6 heteroatoms. The van der Waals surface area contributed by atoms with Gasteiger partial charge in [0.1, 0.15) is 0 Å². The van der Waals surface area contributed by atoms with Gasteiger partial charge in [-0.2, -0.15) is 0 Å². The van der Waals surface area contributed by atoms with E-state index in [1.807, 2.05) is 18.7 Å². The lowest BCUT2D eigenvalue weighted by Gasteiger charge is -2.37. The molecule has 0 heterocycles. The molecule has 110 valence electrons. The zero-order valence-corrected chi connectivity index (χ0v) is 13.2. The number of carboxylic acid groups (broad SMARTS) is 1. The lowest BCUT2D eigenvalue weighted by atomic mass is 9.93. The fourth-order valence-corrected chi connectivity index (χ4v) is 2.70. The Morgan fingerprint density at radius 1 is 1.32 bits per heavy atom. The summed E-state index contributed by atoms with van der Waals surface area (Å²) in [4.78, 5) is 24.8. The molecule has 0 aromatic carbocycles. The van der Waals surface area contributed by atoms with Crippen molar-refractivity contribution in [3.05, 3.63) is 0 Å². The third kappa shape index (κ3) is 5.38. The minimum atomic E-state index is -1.05. The van der Waals surface area contributed by atoms with Gasteiger partial charge in [-0.1, -0.05) is 35.2 Å². The normalized spacial score (nSPS) is 17.0. The van der Waals surface area contributed by atoms with Crippen LogP contribution in [0.2, 0.25) is 0 Å². The second-order valence-corrected chi connectivity index (χ2v) is 7.48. The molecule has 0 spiro atoms. The highest BCUT2D eigenvalue weighted by Gasteiger charge is 2.33. The van der Waals surface area contributed by atoms with Crippen molar-refractivity contribution in [2.45, 2.75) is 56.3 Å². The molecule has 0 aromatic rings. The largest absolute Gasteiger partial charge is 0.465 e. The zero-order chi connectivity index (χ0) is 14.5. The van der Waals surface area contributed by atoms with Crippen LogP contribution in [0.3, 0.4) is 0 Å². The maximum Gasteiger partial charge on any atom is 0.404 e. The molecule has 2 amide bonds. The summed E-state index contributed by atoms with van der Waals surface area (Å²) in [6.45, 7) is 4.37. The number of hydrogen-bond acceptors (Lipinski definition) is 2. The van der Waals surface area contributed by atoms with Crippen molar-refractivity contribution in [1.82, 2.24) is 10.2 Å². The third-order valence-electron chi connectivity index (χ3n) is 3.41. The average molecular weight is 335 g/mol. The van der Waals surface area contributed by atoms with Crippen LogP contribution in [0.15, 0.2) is 0 Å². The van der Waals surface area contributed by atoms with E-state index in [9.17, 15) is 9.59 Å². The highest BCUT2D eigenvalue weighted by molar-refractivity contribution is 9.10. The summed E-state index contributed by atoms with van der Waals surface area (Å²) in [5.74, 6) is 0.0339. The minimum Gasteiger partial charge on any atom is -0.465 e. The van der Waals surface area contributed by atoms with Crippen LogP contribution in [0, 0.1) is 0 Å². The molecule has 0 atom stereocenters. The summed E-state index contributed by atoms with van der Waals surface area (Å²) in [7, 11) is 0. The first-order chi connectivity index (χ1) is 8.82. The first-order valence-corrected chi connectivity index (χ1v) is 7.58. The van der Waals surface area contributed by atoms with Gasteiger partial charge in [0.25, 0.3) is 0 Å². The van der Waals surface area contributed by atoms with Crippen molar-refractivity contribution in [2.24, 2.45) is 0 Å². The van der Waals surface area contributed by atoms with Crippen LogP contribution in [0.25, 0.3) is 0 Å². The Balaban J connectivity index is 2.66. The molecular weight excluding hydrogens is 312 g/mol. The lowest BCUT2D eigenvalue weighted by Crippen LogP contribution is -2.50. The van der Waals surface area contributed by atoms with Gasteiger partial charge in [0.2, 0.25) is 5.91 Å². The van der Waals surface area contributed by atoms with Crippen LogP contribution in [-0.4, -0.2) is 45.5 Å². The van der Waals surface area contributed by atoms with Crippen LogP contribution in [0.1, 0.15) is 46.0 Å². The van der Waals surface area contributed by atoms with E-state index in [-0.39, 0.29) is 18.5 Å². The van der Waals surface area contributed by atoms with Crippen molar-refractivity contribution in [2.75, 3.05) is 13.1 Å². The number of alkyl halides is 1. The fraction of sp³-hybridized carbons (Fsp3) is 0.846. The van der Waals surface area contributed by atoms with E-state index in [1.165, 1.54) is 6.42 Å². The van der Waals surface area contributed by atoms with Gasteiger partial charge in [-0.3, -0.25) is 4.79 Å². The summed E-state index contributed by atoms with van der Waals surface area (Å²) >= 11 is 3.40. The molecular formula is C13H23BrN2O3. The first kappa shape index (κ1) is 16.3. The number of carbonyl (C=O) groups excluding carboxylic acids is 1. The second-order valence-electron chi connectivity index (χ2n) is 5.49. The van der Waals surface area contributed by atoms with E-state index in [2.05, 4.69) is 21.2 Å². The molecule has 1 rings (SSSR count). The summed E-state index contributed by atoms with van der Waals surface area (Å²) < 4.78 is -0.604. The molecule has 2 N–H and O–H groups in total. The van der Waals surface area contributed by atoms with Crippen molar-refractivity contribution in [1.29, 1.82) is 0 Å². The molecule has 1 fully saturated rings. The van der Waals surface area contributed by atoms with Gasteiger partial charge in [-0.15, -0.1) is 0 Å². The quantitative estimate of drug-likeness (QED) is 0.759. The molecule has 0 radical (unpaired) electrons. The van der Waals surface area contributed by atoms with E-state index < -0.39 is 10.4 Å². The molecule has 5 nitrogen and oxygen atoms in total. The number of nitrogens with zero attached hydrogens (tertiary/aromatic N) is 1. The zero-order valence-electron chi connectivity index (χ0n) is 11.6. The lowest BCUT2D eigenvalue weighted by molar-refractivity contribution is -0.135. The van der Waals surface area contributed by atoms with E-state index in [0.29, 0.717) is 6.54 Å². The van der Waals surface area contributed by atoms with Crippen LogP contribution < -0.4 is 5.32 Å². The first-order valence-electron chi connectivity index (χ1n) is 6.79. The van der Waals surface area contributed by atoms with Crippen molar-refractivity contribution in [3.8, 4) is 0 Å². The van der Waals surface area contributed by atoms with Crippen molar-refractivity contribution < 1.29 is 14.7 Å². The van der Waals surface area contributed by atoms with E-state index >= 15 is 0 Å². The van der Waals surface area contributed by atoms with E-state index in [1.54, 1.807) is 0 Å². The third-order valence-corrected chi connectivity index (χ3v) is 3.75. The Bertz CT molecular complexity index is 322. The predicted octanol–water partition coefficient (Wildman–Crippen LogP) is 2.59. The van der Waals surface area contributed by atoms with Gasteiger partial charge >= 0.3 is 6.09 Å². The Morgan fingerprint density at radius 2 is 1.89 bits per heavy atom. The molecule has 0 unspecified atom stereocenters. The SMILES string of the molecule is CC(C)(Br)C(=O)N(CCNC(=O)O)C1CCCCC1. The highest BCUT2D eigenvalue weighted by Crippen LogP contribution is 2.27. The molecule has 0 bridgehead atoms. The van der Waals surface area contributed by atoms with Crippen LogP contribution >= 0.6 is 15.9 Å². The number of amides is 2. The van der Waals surface area contributed by atoms with Gasteiger partial charge in [0.05, 0.1) is 4.32 Å². The maximum atomic E-state index is 12.4. The number of hydrogen-bond donors (Lipinski definition) is 2. The van der Waals surface area contributed by atoms with Gasteiger partial charge in [0.15, 0.2) is 0 Å². The maximum absolute atomic E-state index is 12.4. The molecule has 0 saturated heterocycles. The van der Waals surface area contributed by atoms with Crippen LogP contribution in [0.4, 0.5) is 4.79 Å². The topological polar surface area (TPSA) is 69.6 Å². The van der Waals surface area contributed by atoms with E-state index in [0.717, 1.165) is 25.7 Å².